The second-order valence-corrected chi connectivity index (χ2v) is 7.03. The summed E-state index contributed by atoms with van der Waals surface area (Å²) < 4.78 is 19.5. The quantitative estimate of drug-likeness (QED) is 0.339. The molecule has 31 heavy (non-hydrogen) atoms. The van der Waals surface area contributed by atoms with Crippen LogP contribution in [-0.2, 0) is 16.0 Å². The summed E-state index contributed by atoms with van der Waals surface area (Å²) in [7, 11) is 1.45. The van der Waals surface area contributed by atoms with Crippen LogP contribution < -0.4 is 10.1 Å². The molecule has 7 heteroatoms. The molecule has 0 spiro atoms. The van der Waals surface area contributed by atoms with E-state index >= 15 is 0 Å². The maximum atomic E-state index is 14.4. The number of aryl methyl sites for hydroxylation is 1. The van der Waals surface area contributed by atoms with Crippen molar-refractivity contribution >= 4 is 18.0 Å². The van der Waals surface area contributed by atoms with Crippen LogP contribution in [0.5, 0.6) is 5.75 Å². The summed E-state index contributed by atoms with van der Waals surface area (Å²) in [4.78, 5) is 23.9. The van der Waals surface area contributed by atoms with Gasteiger partial charge in [-0.05, 0) is 50.5 Å². The second-order valence-electron chi connectivity index (χ2n) is 7.03. The van der Waals surface area contributed by atoms with Crippen molar-refractivity contribution in [2.45, 2.75) is 32.7 Å². The number of nitrogens with one attached hydrogen (secondary N) is 1. The van der Waals surface area contributed by atoms with Gasteiger partial charge in [-0.25, -0.2) is 9.40 Å². The SMILES string of the molecule is C/C=C\C(=N/N(C=O)CC(=O)NC(C)CCc1ccccc1)c1ccc(OC)cc1F. The maximum absolute atomic E-state index is 14.4. The van der Waals surface area contributed by atoms with Crippen LogP contribution >= 0.6 is 0 Å². The van der Waals surface area contributed by atoms with Crippen molar-refractivity contribution in [1.82, 2.24) is 10.3 Å². The molecule has 6 nitrogen and oxygen atoms in total. The number of benzene rings is 2. The molecule has 1 unspecified atom stereocenters. The lowest BCUT2D eigenvalue weighted by Crippen LogP contribution is -2.39. The average Bonchev–Trinajstić information content (AvgIpc) is 2.77. The Morgan fingerprint density at radius 3 is 2.61 bits per heavy atom. The van der Waals surface area contributed by atoms with E-state index in [-0.39, 0.29) is 29.8 Å². The molecule has 0 radical (unpaired) electrons. The van der Waals surface area contributed by atoms with Gasteiger partial charge in [0.25, 0.3) is 0 Å². The Labute approximate surface area is 182 Å². The predicted molar refractivity (Wildman–Crippen MR) is 119 cm³/mol. The molecule has 0 saturated heterocycles. The van der Waals surface area contributed by atoms with Crippen LogP contribution in [0.25, 0.3) is 0 Å². The average molecular weight is 426 g/mol. The Morgan fingerprint density at radius 2 is 2.00 bits per heavy atom. The number of carbonyl (C=O) groups excluding carboxylic acids is 2. The van der Waals surface area contributed by atoms with Crippen molar-refractivity contribution in [2.75, 3.05) is 13.7 Å². The Bertz CT molecular complexity index is 929. The van der Waals surface area contributed by atoms with E-state index in [2.05, 4.69) is 10.4 Å². The van der Waals surface area contributed by atoms with E-state index in [9.17, 15) is 14.0 Å². The van der Waals surface area contributed by atoms with Crippen molar-refractivity contribution in [3.63, 3.8) is 0 Å². The van der Waals surface area contributed by atoms with Crippen LogP contribution in [0.3, 0.4) is 0 Å². The molecule has 0 aliphatic rings. The van der Waals surface area contributed by atoms with E-state index in [1.807, 2.05) is 37.3 Å². The molecule has 2 amide bonds. The van der Waals surface area contributed by atoms with E-state index in [0.717, 1.165) is 17.9 Å². The predicted octanol–water partition coefficient (Wildman–Crippen LogP) is 3.71. The van der Waals surface area contributed by atoms with Crippen molar-refractivity contribution < 1.29 is 18.7 Å². The van der Waals surface area contributed by atoms with E-state index in [4.69, 9.17) is 4.74 Å². The summed E-state index contributed by atoms with van der Waals surface area (Å²) in [5.74, 6) is -0.510. The number of ether oxygens (including phenoxy) is 1. The number of hydrogen-bond acceptors (Lipinski definition) is 4. The number of carbonyl (C=O) groups is 2. The molecule has 0 aromatic heterocycles. The standard InChI is InChI=1S/C24H28FN3O3/c1-4-8-23(21-14-13-20(31-3)15-22(21)25)27-28(17-29)16-24(30)26-18(2)11-12-19-9-6-5-7-10-19/h4-10,13-15,17-18H,11-12,16H2,1-3H3,(H,26,30)/b8-4-,27-23+. The fraction of sp³-hybridized carbons (Fsp3) is 0.292. The minimum atomic E-state index is -0.541. The van der Waals surface area contributed by atoms with Gasteiger partial charge in [0.15, 0.2) is 0 Å². The third kappa shape index (κ3) is 7.70. The lowest BCUT2D eigenvalue weighted by atomic mass is 10.1. The highest BCUT2D eigenvalue weighted by Crippen LogP contribution is 2.18. The lowest BCUT2D eigenvalue weighted by Gasteiger charge is -2.17. The van der Waals surface area contributed by atoms with Crippen LogP contribution in [-0.4, -0.2) is 42.7 Å². The van der Waals surface area contributed by atoms with Crippen LogP contribution in [0.1, 0.15) is 31.4 Å². The molecule has 1 N–H and O–H groups in total. The first-order chi connectivity index (χ1) is 15.0. The highest BCUT2D eigenvalue weighted by molar-refractivity contribution is 6.09. The molecule has 2 rings (SSSR count). The lowest BCUT2D eigenvalue weighted by molar-refractivity contribution is -0.128. The van der Waals surface area contributed by atoms with Gasteiger partial charge in [-0.1, -0.05) is 36.4 Å². The first-order valence-corrected chi connectivity index (χ1v) is 10.1. The molecular weight excluding hydrogens is 397 g/mol. The molecule has 0 fully saturated rings. The first kappa shape index (κ1) is 23.8. The van der Waals surface area contributed by atoms with E-state index < -0.39 is 5.82 Å². The van der Waals surface area contributed by atoms with Crippen molar-refractivity contribution in [1.29, 1.82) is 0 Å². The van der Waals surface area contributed by atoms with Gasteiger partial charge in [-0.2, -0.15) is 5.10 Å². The molecule has 0 bridgehead atoms. The molecule has 164 valence electrons. The summed E-state index contributed by atoms with van der Waals surface area (Å²) in [5, 5.41) is 7.99. The Hall–Kier alpha value is -3.48. The summed E-state index contributed by atoms with van der Waals surface area (Å²) in [6.07, 6.45) is 5.29. The molecule has 0 saturated carbocycles. The molecule has 0 aliphatic heterocycles. The van der Waals surface area contributed by atoms with Gasteiger partial charge in [0.05, 0.1) is 12.8 Å². The summed E-state index contributed by atoms with van der Waals surface area (Å²) >= 11 is 0. The monoisotopic (exact) mass is 425 g/mol. The number of amides is 2. The summed E-state index contributed by atoms with van der Waals surface area (Å²) in [5.41, 5.74) is 1.61. The smallest absolute Gasteiger partial charge is 0.242 e. The number of allylic oxidation sites excluding steroid dienone is 2. The number of hydrogen-bond donors (Lipinski definition) is 1. The minimum Gasteiger partial charge on any atom is -0.497 e. The van der Waals surface area contributed by atoms with Crippen molar-refractivity contribution in [2.24, 2.45) is 5.10 Å². The van der Waals surface area contributed by atoms with Gasteiger partial charge in [0, 0.05) is 17.7 Å². The Balaban J connectivity index is 2.02. The Morgan fingerprint density at radius 1 is 1.26 bits per heavy atom. The maximum Gasteiger partial charge on any atom is 0.242 e. The third-order valence-corrected chi connectivity index (χ3v) is 4.56. The number of nitrogens with zero attached hydrogens (tertiary/aromatic N) is 2. The van der Waals surface area contributed by atoms with Crippen LogP contribution in [0.4, 0.5) is 4.39 Å². The minimum absolute atomic E-state index is 0.0702. The molecule has 0 heterocycles. The number of rotatable bonds is 11. The van der Waals surface area contributed by atoms with Crippen LogP contribution in [0, 0.1) is 5.82 Å². The summed E-state index contributed by atoms with van der Waals surface area (Å²) in [6.45, 7) is 3.40. The molecule has 0 aliphatic carbocycles. The normalized spacial score (nSPS) is 12.5. The first-order valence-electron chi connectivity index (χ1n) is 10.1. The summed E-state index contributed by atoms with van der Waals surface area (Å²) in [6, 6.07) is 14.3. The highest BCUT2D eigenvalue weighted by atomic mass is 19.1. The zero-order valence-electron chi connectivity index (χ0n) is 18.0. The van der Waals surface area contributed by atoms with Gasteiger partial charge in [-0.3, -0.25) is 9.59 Å². The number of halogens is 1. The van der Waals surface area contributed by atoms with Gasteiger partial charge < -0.3 is 10.1 Å². The Kier molecular flexibility index (Phi) is 9.42. The van der Waals surface area contributed by atoms with E-state index in [0.29, 0.717) is 12.2 Å². The highest BCUT2D eigenvalue weighted by Gasteiger charge is 2.14. The van der Waals surface area contributed by atoms with Crippen molar-refractivity contribution in [3.05, 3.63) is 77.6 Å². The van der Waals surface area contributed by atoms with Crippen molar-refractivity contribution in [3.8, 4) is 5.75 Å². The van der Waals surface area contributed by atoms with Gasteiger partial charge in [0.2, 0.25) is 12.3 Å². The topological polar surface area (TPSA) is 71.0 Å². The van der Waals surface area contributed by atoms with Gasteiger partial charge in [0.1, 0.15) is 18.1 Å². The van der Waals surface area contributed by atoms with E-state index in [1.165, 1.54) is 24.8 Å². The fourth-order valence-electron chi connectivity index (χ4n) is 2.97. The largest absolute Gasteiger partial charge is 0.497 e. The van der Waals surface area contributed by atoms with Gasteiger partial charge in [-0.15, -0.1) is 0 Å². The molecule has 1 atom stereocenters. The second kappa shape index (κ2) is 12.3. The zero-order chi connectivity index (χ0) is 22.6. The van der Waals surface area contributed by atoms with Crippen LogP contribution in [0.2, 0.25) is 0 Å². The zero-order valence-corrected chi connectivity index (χ0v) is 18.0. The van der Waals surface area contributed by atoms with Gasteiger partial charge >= 0.3 is 0 Å². The number of hydrazone groups is 1. The fourth-order valence-corrected chi connectivity index (χ4v) is 2.97. The molecule has 2 aromatic rings. The van der Waals surface area contributed by atoms with Crippen LogP contribution in [0.15, 0.2) is 65.8 Å². The molecule has 2 aromatic carbocycles. The number of methoxy groups -OCH3 is 1. The molecular formula is C24H28FN3O3. The van der Waals surface area contributed by atoms with E-state index in [1.54, 1.807) is 25.1 Å². The third-order valence-electron chi connectivity index (χ3n) is 4.56.